The van der Waals surface area contributed by atoms with Crippen LogP contribution >= 0.6 is 11.3 Å². The van der Waals surface area contributed by atoms with E-state index in [4.69, 9.17) is 0 Å². The Balaban J connectivity index is 2.01. The SMILES string of the molecule is O=C1NC2(CCCc3sccc32)c2ccccc21. The van der Waals surface area contributed by atoms with Crippen molar-refractivity contribution in [1.29, 1.82) is 0 Å². The van der Waals surface area contributed by atoms with Gasteiger partial charge < -0.3 is 5.32 Å². The first-order valence-corrected chi connectivity index (χ1v) is 7.18. The fourth-order valence-electron chi connectivity index (χ4n) is 3.35. The first kappa shape index (κ1) is 10.3. The molecule has 4 rings (SSSR count). The maximum atomic E-state index is 12.2. The summed E-state index contributed by atoms with van der Waals surface area (Å²) in [5, 5.41) is 5.39. The molecule has 2 nitrogen and oxygen atoms in total. The minimum Gasteiger partial charge on any atom is -0.338 e. The molecule has 1 spiro atoms. The predicted octanol–water partition coefficient (Wildman–Crippen LogP) is 3.07. The third kappa shape index (κ3) is 1.15. The van der Waals surface area contributed by atoms with Gasteiger partial charge >= 0.3 is 0 Å². The maximum Gasteiger partial charge on any atom is 0.252 e. The lowest BCUT2D eigenvalue weighted by atomic mass is 9.76. The van der Waals surface area contributed by atoms with Crippen LogP contribution in [0.5, 0.6) is 0 Å². The zero-order valence-corrected chi connectivity index (χ0v) is 10.7. The van der Waals surface area contributed by atoms with Crippen molar-refractivity contribution in [1.82, 2.24) is 5.32 Å². The normalized spacial score (nSPS) is 24.8. The van der Waals surface area contributed by atoms with E-state index in [2.05, 4.69) is 22.8 Å². The third-order valence-electron chi connectivity index (χ3n) is 4.12. The van der Waals surface area contributed by atoms with E-state index in [9.17, 15) is 4.79 Å². The average Bonchev–Trinajstić information content (AvgIpc) is 2.97. The number of carbonyl (C=O) groups is 1. The van der Waals surface area contributed by atoms with Crippen LogP contribution in [0.3, 0.4) is 0 Å². The van der Waals surface area contributed by atoms with E-state index in [1.807, 2.05) is 29.5 Å². The van der Waals surface area contributed by atoms with Crippen molar-refractivity contribution in [2.75, 3.05) is 0 Å². The quantitative estimate of drug-likeness (QED) is 0.770. The monoisotopic (exact) mass is 255 g/mol. The number of nitrogens with one attached hydrogen (secondary N) is 1. The van der Waals surface area contributed by atoms with E-state index < -0.39 is 0 Å². The van der Waals surface area contributed by atoms with E-state index in [-0.39, 0.29) is 11.4 Å². The zero-order valence-electron chi connectivity index (χ0n) is 9.90. The van der Waals surface area contributed by atoms with Crippen LogP contribution in [0, 0.1) is 0 Å². The van der Waals surface area contributed by atoms with Crippen molar-refractivity contribution in [3.05, 3.63) is 57.3 Å². The minimum absolute atomic E-state index is 0.0738. The number of thiophene rings is 1. The van der Waals surface area contributed by atoms with E-state index >= 15 is 0 Å². The molecule has 1 unspecified atom stereocenters. The van der Waals surface area contributed by atoms with Crippen LogP contribution in [0.15, 0.2) is 35.7 Å². The second-order valence-electron chi connectivity index (χ2n) is 5.02. The summed E-state index contributed by atoms with van der Waals surface area (Å²) in [6.07, 6.45) is 3.30. The Labute approximate surface area is 110 Å². The summed E-state index contributed by atoms with van der Waals surface area (Å²) in [6.45, 7) is 0. The van der Waals surface area contributed by atoms with Crippen molar-refractivity contribution < 1.29 is 4.79 Å². The Kier molecular flexibility index (Phi) is 1.98. The zero-order chi connectivity index (χ0) is 12.2. The van der Waals surface area contributed by atoms with Gasteiger partial charge in [-0.1, -0.05) is 18.2 Å². The van der Waals surface area contributed by atoms with Gasteiger partial charge in [0.05, 0.1) is 5.54 Å². The lowest BCUT2D eigenvalue weighted by Crippen LogP contribution is -2.42. The lowest BCUT2D eigenvalue weighted by molar-refractivity contribution is 0.0935. The topological polar surface area (TPSA) is 29.1 Å². The third-order valence-corrected chi connectivity index (χ3v) is 5.10. The minimum atomic E-state index is -0.249. The number of fused-ring (bicyclic) bond motifs is 4. The summed E-state index contributed by atoms with van der Waals surface area (Å²) in [5.74, 6) is 0.0738. The number of carbonyl (C=O) groups excluding carboxylic acids is 1. The Morgan fingerprint density at radius 2 is 2.06 bits per heavy atom. The molecule has 0 fully saturated rings. The fourth-order valence-corrected chi connectivity index (χ4v) is 4.35. The largest absolute Gasteiger partial charge is 0.338 e. The lowest BCUT2D eigenvalue weighted by Gasteiger charge is -2.34. The highest BCUT2D eigenvalue weighted by molar-refractivity contribution is 7.10. The van der Waals surface area contributed by atoms with Crippen LogP contribution in [-0.2, 0) is 12.0 Å². The fraction of sp³-hybridized carbons (Fsp3) is 0.267. The first-order valence-electron chi connectivity index (χ1n) is 6.30. The Morgan fingerprint density at radius 1 is 1.17 bits per heavy atom. The standard InChI is InChI=1S/C15H13NOS/c17-14-10-4-1-2-5-11(10)15(16-14)8-3-6-13-12(15)7-9-18-13/h1-2,4-5,7,9H,3,6,8H2,(H,16,17). The molecule has 18 heavy (non-hydrogen) atoms. The highest BCUT2D eigenvalue weighted by atomic mass is 32.1. The van der Waals surface area contributed by atoms with Crippen molar-refractivity contribution in [3.63, 3.8) is 0 Å². The predicted molar refractivity (Wildman–Crippen MR) is 71.9 cm³/mol. The molecule has 0 radical (unpaired) electrons. The van der Waals surface area contributed by atoms with Crippen molar-refractivity contribution in [2.45, 2.75) is 24.8 Å². The van der Waals surface area contributed by atoms with Crippen molar-refractivity contribution in [3.8, 4) is 0 Å². The van der Waals surface area contributed by atoms with Gasteiger partial charge in [0.2, 0.25) is 0 Å². The number of aryl methyl sites for hydroxylation is 1. The molecule has 90 valence electrons. The maximum absolute atomic E-state index is 12.2. The summed E-state index contributed by atoms with van der Waals surface area (Å²) in [6, 6.07) is 10.2. The number of hydrogen-bond acceptors (Lipinski definition) is 2. The summed E-state index contributed by atoms with van der Waals surface area (Å²) < 4.78 is 0. The molecule has 0 saturated carbocycles. The van der Waals surface area contributed by atoms with Crippen LogP contribution in [0.2, 0.25) is 0 Å². The Hall–Kier alpha value is -1.61. The molecule has 2 heterocycles. The van der Waals surface area contributed by atoms with Gasteiger partial charge in [-0.15, -0.1) is 11.3 Å². The van der Waals surface area contributed by atoms with Crippen LogP contribution in [0.1, 0.15) is 39.2 Å². The van der Waals surface area contributed by atoms with Gasteiger partial charge in [0.25, 0.3) is 5.91 Å². The molecule has 1 N–H and O–H groups in total. The first-order chi connectivity index (χ1) is 8.81. The summed E-state index contributed by atoms with van der Waals surface area (Å²) in [5.41, 5.74) is 3.07. The van der Waals surface area contributed by atoms with Crippen LogP contribution in [0.25, 0.3) is 0 Å². The van der Waals surface area contributed by atoms with Gasteiger partial charge in [0.1, 0.15) is 0 Å². The van der Waals surface area contributed by atoms with Crippen LogP contribution in [0.4, 0.5) is 0 Å². The van der Waals surface area contributed by atoms with E-state index in [0.29, 0.717) is 0 Å². The smallest absolute Gasteiger partial charge is 0.252 e. The van der Waals surface area contributed by atoms with Gasteiger partial charge in [-0.05, 0) is 47.9 Å². The van der Waals surface area contributed by atoms with E-state index in [0.717, 1.165) is 30.4 Å². The van der Waals surface area contributed by atoms with Gasteiger partial charge in [-0.25, -0.2) is 0 Å². The van der Waals surface area contributed by atoms with Gasteiger partial charge in [-0.2, -0.15) is 0 Å². The molecule has 0 bridgehead atoms. The molecule has 1 aromatic heterocycles. The average molecular weight is 255 g/mol. The molecule has 3 heteroatoms. The van der Waals surface area contributed by atoms with Gasteiger partial charge in [-0.3, -0.25) is 4.79 Å². The van der Waals surface area contributed by atoms with E-state index in [1.54, 1.807) is 0 Å². The second-order valence-corrected chi connectivity index (χ2v) is 6.02. The summed E-state index contributed by atoms with van der Waals surface area (Å²) >= 11 is 1.81. The molecule has 2 aromatic rings. The second kappa shape index (κ2) is 3.45. The Bertz CT molecular complexity index is 645. The Morgan fingerprint density at radius 3 is 3.00 bits per heavy atom. The molecule has 1 aliphatic heterocycles. The molecular formula is C15H13NOS. The van der Waals surface area contributed by atoms with E-state index in [1.165, 1.54) is 10.4 Å². The van der Waals surface area contributed by atoms with Crippen LogP contribution < -0.4 is 5.32 Å². The number of rotatable bonds is 0. The van der Waals surface area contributed by atoms with Gasteiger partial charge in [0, 0.05) is 10.4 Å². The van der Waals surface area contributed by atoms with Crippen LogP contribution in [-0.4, -0.2) is 5.91 Å². The number of hydrogen-bond donors (Lipinski definition) is 1. The molecule has 1 aliphatic carbocycles. The molecular weight excluding hydrogens is 242 g/mol. The van der Waals surface area contributed by atoms with Gasteiger partial charge in [0.15, 0.2) is 0 Å². The molecule has 1 atom stereocenters. The van der Waals surface area contributed by atoms with Crippen molar-refractivity contribution >= 4 is 17.2 Å². The number of benzene rings is 1. The molecule has 0 saturated heterocycles. The molecule has 2 aliphatic rings. The summed E-state index contributed by atoms with van der Waals surface area (Å²) in [7, 11) is 0. The highest BCUT2D eigenvalue weighted by Crippen LogP contribution is 2.46. The molecule has 1 aromatic carbocycles. The van der Waals surface area contributed by atoms with Crippen molar-refractivity contribution in [2.24, 2.45) is 0 Å². The highest BCUT2D eigenvalue weighted by Gasteiger charge is 2.46. The molecule has 1 amide bonds. The number of amides is 1. The summed E-state index contributed by atoms with van der Waals surface area (Å²) in [4.78, 5) is 13.6.